The van der Waals surface area contributed by atoms with Gasteiger partial charge in [-0.3, -0.25) is 4.79 Å². The first-order valence-electron chi connectivity index (χ1n) is 9.23. The molecule has 3 aromatic rings. The summed E-state index contributed by atoms with van der Waals surface area (Å²) < 4.78 is 15.9. The van der Waals surface area contributed by atoms with Crippen LogP contribution in [0.1, 0.15) is 12.5 Å². The Kier molecular flexibility index (Phi) is 6.34. The molecule has 0 radical (unpaired) electrons. The molecule has 0 aliphatic carbocycles. The third kappa shape index (κ3) is 5.25. The Balaban J connectivity index is 1.54. The molecule has 1 N–H and O–H groups in total. The minimum atomic E-state index is -0.979. The van der Waals surface area contributed by atoms with Crippen molar-refractivity contribution < 1.29 is 23.8 Å². The van der Waals surface area contributed by atoms with Crippen molar-refractivity contribution in [2.24, 2.45) is 0 Å². The van der Waals surface area contributed by atoms with E-state index in [4.69, 9.17) is 14.2 Å². The Morgan fingerprint density at radius 3 is 2.52 bits per heavy atom. The number of benzene rings is 3. The number of aryl methyl sites for hydroxylation is 1. The number of hydrogen-bond acceptors (Lipinski definition) is 5. The second kappa shape index (κ2) is 9.10. The molecule has 0 aliphatic rings. The Morgan fingerprint density at radius 2 is 1.76 bits per heavy atom. The highest BCUT2D eigenvalue weighted by molar-refractivity contribution is 5.96. The molecule has 0 aliphatic heterocycles. The highest BCUT2D eigenvalue weighted by atomic mass is 16.6. The lowest BCUT2D eigenvalue weighted by Gasteiger charge is -2.16. The highest BCUT2D eigenvalue weighted by Gasteiger charge is 2.19. The van der Waals surface area contributed by atoms with E-state index in [0.717, 1.165) is 16.3 Å². The molecule has 150 valence electrons. The van der Waals surface area contributed by atoms with Gasteiger partial charge in [-0.2, -0.15) is 0 Å². The minimum Gasteiger partial charge on any atom is -0.495 e. The largest absolute Gasteiger partial charge is 0.495 e. The lowest BCUT2D eigenvalue weighted by Crippen LogP contribution is -2.31. The number of rotatable bonds is 7. The van der Waals surface area contributed by atoms with Gasteiger partial charge >= 0.3 is 5.97 Å². The summed E-state index contributed by atoms with van der Waals surface area (Å²) in [5.41, 5.74) is 1.49. The average molecular weight is 393 g/mol. The van der Waals surface area contributed by atoms with Gasteiger partial charge in [0.2, 0.25) is 0 Å². The summed E-state index contributed by atoms with van der Waals surface area (Å²) in [6, 6.07) is 18.8. The number of carbonyl (C=O) groups is 2. The fraction of sp³-hybridized carbons (Fsp3) is 0.217. The molecule has 0 heterocycles. The molecule has 3 aromatic carbocycles. The van der Waals surface area contributed by atoms with E-state index in [0.29, 0.717) is 17.2 Å². The van der Waals surface area contributed by atoms with Crippen LogP contribution in [0, 0.1) is 6.92 Å². The lowest BCUT2D eigenvalue weighted by molar-refractivity contribution is -0.155. The molecule has 0 fully saturated rings. The van der Waals surface area contributed by atoms with Crippen molar-refractivity contribution in [1.29, 1.82) is 0 Å². The molecule has 0 saturated carbocycles. The maximum atomic E-state index is 12.4. The van der Waals surface area contributed by atoms with E-state index in [1.807, 2.05) is 49.4 Å². The number of methoxy groups -OCH3 is 1. The van der Waals surface area contributed by atoms with Gasteiger partial charge in [-0.25, -0.2) is 4.79 Å². The molecule has 0 saturated heterocycles. The molecule has 0 spiro atoms. The van der Waals surface area contributed by atoms with Crippen molar-refractivity contribution in [3.05, 3.63) is 66.2 Å². The fourth-order valence-corrected chi connectivity index (χ4v) is 2.84. The van der Waals surface area contributed by atoms with Crippen LogP contribution in [-0.2, 0) is 14.3 Å². The molecule has 1 amide bonds. The van der Waals surface area contributed by atoms with E-state index >= 15 is 0 Å². The minimum absolute atomic E-state index is 0.288. The van der Waals surface area contributed by atoms with Gasteiger partial charge < -0.3 is 19.5 Å². The van der Waals surface area contributed by atoms with Gasteiger partial charge in [-0.1, -0.05) is 36.4 Å². The van der Waals surface area contributed by atoms with E-state index < -0.39 is 18.0 Å². The summed E-state index contributed by atoms with van der Waals surface area (Å²) in [5.74, 6) is 0.00865. The Labute approximate surface area is 169 Å². The molecule has 1 atom stereocenters. The van der Waals surface area contributed by atoms with Crippen LogP contribution >= 0.6 is 0 Å². The van der Waals surface area contributed by atoms with Gasteiger partial charge in [0, 0.05) is 0 Å². The standard InChI is InChI=1S/C23H23NO5/c1-15-8-11-21(27-3)20(12-15)24-23(26)16(2)29-22(25)14-28-19-10-9-17-6-4-5-7-18(17)13-19/h4-13,16H,14H2,1-3H3,(H,24,26). The van der Waals surface area contributed by atoms with Crippen LogP contribution in [0.5, 0.6) is 11.5 Å². The van der Waals surface area contributed by atoms with Crippen molar-refractivity contribution >= 4 is 28.3 Å². The van der Waals surface area contributed by atoms with Crippen molar-refractivity contribution in [1.82, 2.24) is 0 Å². The number of anilines is 1. The quantitative estimate of drug-likeness (QED) is 0.612. The Hall–Kier alpha value is -3.54. The number of carbonyl (C=O) groups excluding carboxylic acids is 2. The summed E-state index contributed by atoms with van der Waals surface area (Å²) in [6.07, 6.45) is -0.979. The Bertz CT molecular complexity index is 1030. The lowest BCUT2D eigenvalue weighted by atomic mass is 10.1. The highest BCUT2D eigenvalue weighted by Crippen LogP contribution is 2.25. The SMILES string of the molecule is COc1ccc(C)cc1NC(=O)C(C)OC(=O)COc1ccc2ccccc2c1. The number of ether oxygens (including phenoxy) is 3. The molecule has 29 heavy (non-hydrogen) atoms. The summed E-state index contributed by atoms with van der Waals surface area (Å²) in [7, 11) is 1.52. The number of nitrogens with one attached hydrogen (secondary N) is 1. The fourth-order valence-electron chi connectivity index (χ4n) is 2.84. The van der Waals surface area contributed by atoms with E-state index in [-0.39, 0.29) is 6.61 Å². The molecule has 0 bridgehead atoms. The molecule has 3 rings (SSSR count). The zero-order valence-electron chi connectivity index (χ0n) is 16.6. The summed E-state index contributed by atoms with van der Waals surface area (Å²) in [4.78, 5) is 24.4. The van der Waals surface area contributed by atoms with Crippen LogP contribution in [0.15, 0.2) is 60.7 Å². The Morgan fingerprint density at radius 1 is 1.00 bits per heavy atom. The number of hydrogen-bond donors (Lipinski definition) is 1. The van der Waals surface area contributed by atoms with Crippen molar-refractivity contribution in [3.8, 4) is 11.5 Å². The number of amides is 1. The summed E-state index contributed by atoms with van der Waals surface area (Å²) >= 11 is 0. The smallest absolute Gasteiger partial charge is 0.344 e. The first-order chi connectivity index (χ1) is 14.0. The number of esters is 1. The molecule has 0 aromatic heterocycles. The van der Waals surface area contributed by atoms with Crippen LogP contribution in [0.4, 0.5) is 5.69 Å². The maximum absolute atomic E-state index is 12.4. The van der Waals surface area contributed by atoms with Gasteiger partial charge in [-0.15, -0.1) is 0 Å². The van der Waals surface area contributed by atoms with Crippen molar-refractivity contribution in [2.75, 3.05) is 19.0 Å². The summed E-state index contributed by atoms with van der Waals surface area (Å²) in [5, 5.41) is 4.81. The predicted molar refractivity (Wildman–Crippen MR) is 111 cm³/mol. The second-order valence-electron chi connectivity index (χ2n) is 6.62. The van der Waals surface area contributed by atoms with E-state index in [1.165, 1.54) is 14.0 Å². The van der Waals surface area contributed by atoms with Gasteiger partial charge in [0.1, 0.15) is 11.5 Å². The van der Waals surface area contributed by atoms with Crippen LogP contribution < -0.4 is 14.8 Å². The number of fused-ring (bicyclic) bond motifs is 1. The van der Waals surface area contributed by atoms with Crippen LogP contribution in [0.3, 0.4) is 0 Å². The maximum Gasteiger partial charge on any atom is 0.344 e. The van der Waals surface area contributed by atoms with E-state index in [9.17, 15) is 9.59 Å². The van der Waals surface area contributed by atoms with Crippen LogP contribution in [-0.4, -0.2) is 31.7 Å². The third-order valence-corrected chi connectivity index (χ3v) is 4.37. The van der Waals surface area contributed by atoms with Gasteiger partial charge in [0.05, 0.1) is 12.8 Å². The van der Waals surface area contributed by atoms with Gasteiger partial charge in [0.25, 0.3) is 5.91 Å². The van der Waals surface area contributed by atoms with Crippen molar-refractivity contribution in [3.63, 3.8) is 0 Å². The average Bonchev–Trinajstić information content (AvgIpc) is 2.72. The normalized spacial score (nSPS) is 11.6. The molecular formula is C23H23NO5. The zero-order chi connectivity index (χ0) is 20.8. The van der Waals surface area contributed by atoms with Gasteiger partial charge in [-0.05, 0) is 54.4 Å². The predicted octanol–water partition coefficient (Wildman–Crippen LogP) is 4.11. The third-order valence-electron chi connectivity index (χ3n) is 4.37. The first-order valence-corrected chi connectivity index (χ1v) is 9.23. The summed E-state index contributed by atoms with van der Waals surface area (Å²) in [6.45, 7) is 3.12. The molecular weight excluding hydrogens is 370 g/mol. The molecule has 6 heteroatoms. The second-order valence-corrected chi connectivity index (χ2v) is 6.62. The molecule has 6 nitrogen and oxygen atoms in total. The monoisotopic (exact) mass is 393 g/mol. The van der Waals surface area contributed by atoms with E-state index in [1.54, 1.807) is 18.2 Å². The molecule has 1 unspecified atom stereocenters. The topological polar surface area (TPSA) is 73.9 Å². The van der Waals surface area contributed by atoms with Crippen molar-refractivity contribution in [2.45, 2.75) is 20.0 Å². The zero-order valence-corrected chi connectivity index (χ0v) is 16.6. The van der Waals surface area contributed by atoms with Crippen LogP contribution in [0.25, 0.3) is 10.8 Å². The van der Waals surface area contributed by atoms with E-state index in [2.05, 4.69) is 5.32 Å². The first kappa shape index (κ1) is 20.2. The van der Waals surface area contributed by atoms with Crippen LogP contribution in [0.2, 0.25) is 0 Å². The van der Waals surface area contributed by atoms with Gasteiger partial charge in [0.15, 0.2) is 12.7 Å².